The van der Waals surface area contributed by atoms with Gasteiger partial charge in [0.1, 0.15) is 11.3 Å². The summed E-state index contributed by atoms with van der Waals surface area (Å²) in [5.74, 6) is 0.352. The Bertz CT molecular complexity index is 839. The average Bonchev–Trinajstić information content (AvgIpc) is 2.82. The van der Waals surface area contributed by atoms with Crippen molar-refractivity contribution in [2.24, 2.45) is 0 Å². The summed E-state index contributed by atoms with van der Waals surface area (Å²) >= 11 is 11.9. The average molecular weight is 379 g/mol. The molecule has 0 aliphatic carbocycles. The summed E-state index contributed by atoms with van der Waals surface area (Å²) in [6, 6.07) is 11.6. The Kier molecular flexibility index (Phi) is 4.62. The first-order valence-corrected chi connectivity index (χ1v) is 8.33. The van der Waals surface area contributed by atoms with Gasteiger partial charge in [-0.3, -0.25) is 9.69 Å². The zero-order chi connectivity index (χ0) is 18.2. The first-order chi connectivity index (χ1) is 11.8. The van der Waals surface area contributed by atoms with Gasteiger partial charge in [0.25, 0.3) is 5.91 Å². The van der Waals surface area contributed by atoms with E-state index >= 15 is 0 Å². The molecule has 1 fully saturated rings. The smallest absolute Gasteiger partial charge is 0.325 e. The molecule has 7 heteroatoms. The van der Waals surface area contributed by atoms with E-state index in [1.54, 1.807) is 56.5 Å². The highest BCUT2D eigenvalue weighted by molar-refractivity contribution is 6.42. The number of nitrogens with zero attached hydrogens (tertiary/aromatic N) is 1. The molecule has 1 unspecified atom stereocenters. The van der Waals surface area contributed by atoms with Crippen molar-refractivity contribution < 1.29 is 14.3 Å². The molecule has 1 saturated heterocycles. The van der Waals surface area contributed by atoms with Crippen LogP contribution in [0.15, 0.2) is 42.5 Å². The van der Waals surface area contributed by atoms with E-state index in [0.717, 1.165) is 5.56 Å². The third kappa shape index (κ3) is 3.17. The molecule has 1 atom stereocenters. The fourth-order valence-electron chi connectivity index (χ4n) is 2.78. The molecule has 0 radical (unpaired) electrons. The SMILES string of the molecule is COc1ccc(C2(C)NC(=O)N(Cc3ccc(Cl)c(Cl)c3)C2=O)cc1. The molecule has 0 bridgehead atoms. The second-order valence-corrected chi connectivity index (χ2v) is 6.74. The summed E-state index contributed by atoms with van der Waals surface area (Å²) in [6.07, 6.45) is 0. The van der Waals surface area contributed by atoms with Gasteiger partial charge >= 0.3 is 6.03 Å². The van der Waals surface area contributed by atoms with Crippen LogP contribution in [0.2, 0.25) is 10.0 Å². The first-order valence-electron chi connectivity index (χ1n) is 7.57. The lowest BCUT2D eigenvalue weighted by atomic mass is 9.92. The topological polar surface area (TPSA) is 58.6 Å². The first kappa shape index (κ1) is 17.6. The molecular formula is C18H16Cl2N2O3. The van der Waals surface area contributed by atoms with Crippen molar-refractivity contribution in [2.45, 2.75) is 19.0 Å². The number of carbonyl (C=O) groups excluding carboxylic acids is 2. The van der Waals surface area contributed by atoms with E-state index in [-0.39, 0.29) is 12.5 Å². The van der Waals surface area contributed by atoms with E-state index in [1.807, 2.05) is 0 Å². The van der Waals surface area contributed by atoms with Gasteiger partial charge in [-0.25, -0.2) is 4.79 Å². The summed E-state index contributed by atoms with van der Waals surface area (Å²) in [5, 5.41) is 3.57. The number of nitrogens with one attached hydrogen (secondary N) is 1. The Balaban J connectivity index is 1.86. The predicted molar refractivity (Wildman–Crippen MR) is 95.9 cm³/mol. The highest BCUT2D eigenvalue weighted by Crippen LogP contribution is 2.31. The quantitative estimate of drug-likeness (QED) is 0.818. The van der Waals surface area contributed by atoms with Crippen LogP contribution in [-0.4, -0.2) is 23.9 Å². The Morgan fingerprint density at radius 3 is 2.36 bits per heavy atom. The highest BCUT2D eigenvalue weighted by atomic mass is 35.5. The van der Waals surface area contributed by atoms with E-state index in [2.05, 4.69) is 5.32 Å². The maximum atomic E-state index is 12.9. The zero-order valence-electron chi connectivity index (χ0n) is 13.7. The van der Waals surface area contributed by atoms with Crippen LogP contribution < -0.4 is 10.1 Å². The Morgan fingerprint density at radius 1 is 1.08 bits per heavy atom. The van der Waals surface area contributed by atoms with E-state index in [9.17, 15) is 9.59 Å². The minimum absolute atomic E-state index is 0.118. The van der Waals surface area contributed by atoms with Gasteiger partial charge in [-0.05, 0) is 42.3 Å². The molecule has 1 aliphatic rings. The fourth-order valence-corrected chi connectivity index (χ4v) is 3.10. The number of benzene rings is 2. The summed E-state index contributed by atoms with van der Waals surface area (Å²) in [5.41, 5.74) is 0.278. The van der Waals surface area contributed by atoms with Crippen molar-refractivity contribution in [3.8, 4) is 5.75 Å². The molecule has 130 valence electrons. The van der Waals surface area contributed by atoms with Crippen LogP contribution in [0.3, 0.4) is 0 Å². The molecule has 2 aromatic carbocycles. The number of hydrogen-bond acceptors (Lipinski definition) is 3. The number of imide groups is 1. The molecule has 1 N–H and O–H groups in total. The summed E-state index contributed by atoms with van der Waals surface area (Å²) < 4.78 is 5.13. The van der Waals surface area contributed by atoms with Crippen LogP contribution in [0, 0.1) is 0 Å². The summed E-state index contributed by atoms with van der Waals surface area (Å²) in [4.78, 5) is 26.4. The monoisotopic (exact) mass is 378 g/mol. The van der Waals surface area contributed by atoms with Gasteiger partial charge < -0.3 is 10.1 Å². The lowest BCUT2D eigenvalue weighted by Crippen LogP contribution is -2.40. The predicted octanol–water partition coefficient (Wildman–Crippen LogP) is 3.97. The second kappa shape index (κ2) is 6.58. The van der Waals surface area contributed by atoms with Crippen molar-refractivity contribution >= 4 is 35.1 Å². The standard InChI is InChI=1S/C18H16Cl2N2O3/c1-18(12-4-6-13(25-2)7-5-12)16(23)22(17(24)21-18)10-11-3-8-14(19)15(20)9-11/h3-9H,10H2,1-2H3,(H,21,24). The number of urea groups is 1. The van der Waals surface area contributed by atoms with Gasteiger partial charge in [0.05, 0.1) is 23.7 Å². The third-order valence-electron chi connectivity index (χ3n) is 4.27. The molecule has 0 spiro atoms. The summed E-state index contributed by atoms with van der Waals surface area (Å²) in [7, 11) is 1.57. The van der Waals surface area contributed by atoms with E-state index in [0.29, 0.717) is 21.4 Å². The van der Waals surface area contributed by atoms with Gasteiger partial charge in [-0.15, -0.1) is 0 Å². The van der Waals surface area contributed by atoms with Gasteiger partial charge in [0.15, 0.2) is 0 Å². The second-order valence-electron chi connectivity index (χ2n) is 5.92. The number of hydrogen-bond donors (Lipinski definition) is 1. The number of amides is 3. The minimum atomic E-state index is -1.13. The van der Waals surface area contributed by atoms with E-state index in [1.165, 1.54) is 4.90 Å². The lowest BCUT2D eigenvalue weighted by Gasteiger charge is -2.22. The number of rotatable bonds is 4. The number of ether oxygens (including phenoxy) is 1. The Morgan fingerprint density at radius 2 is 1.76 bits per heavy atom. The van der Waals surface area contributed by atoms with Crippen LogP contribution in [0.1, 0.15) is 18.1 Å². The molecule has 5 nitrogen and oxygen atoms in total. The van der Waals surface area contributed by atoms with Crippen LogP contribution in [0.25, 0.3) is 0 Å². The molecule has 0 saturated carbocycles. The largest absolute Gasteiger partial charge is 0.497 e. The minimum Gasteiger partial charge on any atom is -0.497 e. The van der Waals surface area contributed by atoms with E-state index in [4.69, 9.17) is 27.9 Å². The van der Waals surface area contributed by atoms with Crippen molar-refractivity contribution in [1.82, 2.24) is 10.2 Å². The van der Waals surface area contributed by atoms with Crippen molar-refractivity contribution in [2.75, 3.05) is 7.11 Å². The normalized spacial score (nSPS) is 19.9. The number of halogens is 2. The molecule has 3 rings (SSSR count). The maximum Gasteiger partial charge on any atom is 0.325 e. The van der Waals surface area contributed by atoms with Crippen molar-refractivity contribution in [3.63, 3.8) is 0 Å². The van der Waals surface area contributed by atoms with Gasteiger partial charge in [-0.1, -0.05) is 41.4 Å². The Labute approximate surface area is 155 Å². The molecule has 25 heavy (non-hydrogen) atoms. The third-order valence-corrected chi connectivity index (χ3v) is 5.01. The molecule has 1 aliphatic heterocycles. The molecule has 1 heterocycles. The lowest BCUT2D eigenvalue weighted by molar-refractivity contribution is -0.131. The zero-order valence-corrected chi connectivity index (χ0v) is 15.2. The molecular weight excluding hydrogens is 363 g/mol. The van der Waals surface area contributed by atoms with Crippen LogP contribution in [-0.2, 0) is 16.9 Å². The molecule has 2 aromatic rings. The van der Waals surface area contributed by atoms with Gasteiger partial charge in [-0.2, -0.15) is 0 Å². The highest BCUT2D eigenvalue weighted by Gasteiger charge is 2.48. The van der Waals surface area contributed by atoms with Gasteiger partial charge in [0, 0.05) is 0 Å². The Hall–Kier alpha value is -2.24. The number of carbonyl (C=O) groups is 2. The number of methoxy groups -OCH3 is 1. The van der Waals surface area contributed by atoms with Crippen LogP contribution in [0.5, 0.6) is 5.75 Å². The molecule has 3 amide bonds. The van der Waals surface area contributed by atoms with Crippen LogP contribution >= 0.6 is 23.2 Å². The molecule has 0 aromatic heterocycles. The summed E-state index contributed by atoms with van der Waals surface area (Å²) in [6.45, 7) is 1.80. The van der Waals surface area contributed by atoms with Crippen LogP contribution in [0.4, 0.5) is 4.79 Å². The maximum absolute atomic E-state index is 12.9. The van der Waals surface area contributed by atoms with Crippen molar-refractivity contribution in [1.29, 1.82) is 0 Å². The van der Waals surface area contributed by atoms with Crippen molar-refractivity contribution in [3.05, 3.63) is 63.6 Å². The fraction of sp³-hybridized carbons (Fsp3) is 0.222. The van der Waals surface area contributed by atoms with E-state index < -0.39 is 11.6 Å². The van der Waals surface area contributed by atoms with Gasteiger partial charge in [0.2, 0.25) is 0 Å².